The third-order valence-electron chi connectivity index (χ3n) is 5.72. The van der Waals surface area contributed by atoms with Gasteiger partial charge in [0.15, 0.2) is 0 Å². The van der Waals surface area contributed by atoms with Crippen LogP contribution >= 0.6 is 0 Å². The summed E-state index contributed by atoms with van der Waals surface area (Å²) in [4.78, 5) is 23.0. The molecule has 0 aromatic carbocycles. The predicted molar refractivity (Wildman–Crippen MR) is 124 cm³/mol. The summed E-state index contributed by atoms with van der Waals surface area (Å²) < 4.78 is 15.6. The highest BCUT2D eigenvalue weighted by Crippen LogP contribution is 2.35. The van der Waals surface area contributed by atoms with Crippen molar-refractivity contribution < 1.29 is 9.18 Å². The number of anilines is 2. The molecule has 1 aliphatic heterocycles. The molecule has 1 aliphatic rings. The van der Waals surface area contributed by atoms with Gasteiger partial charge in [0.05, 0.1) is 36.0 Å². The first kappa shape index (κ1) is 23.4. The Kier molecular flexibility index (Phi) is 6.91. The molecule has 0 saturated carbocycles. The van der Waals surface area contributed by atoms with Crippen molar-refractivity contribution in [1.29, 1.82) is 0 Å². The molecule has 7 nitrogen and oxygen atoms in total. The lowest BCUT2D eigenvalue weighted by molar-refractivity contribution is -0.118. The molecule has 0 radical (unpaired) electrons. The van der Waals surface area contributed by atoms with Crippen molar-refractivity contribution in [3.8, 4) is 0 Å². The van der Waals surface area contributed by atoms with Crippen LogP contribution in [0, 0.1) is 18.7 Å². The number of hydrogen-bond acceptors (Lipinski definition) is 5. The van der Waals surface area contributed by atoms with Gasteiger partial charge in [-0.3, -0.25) is 19.4 Å². The molecule has 3 aromatic rings. The van der Waals surface area contributed by atoms with Gasteiger partial charge in [-0.05, 0) is 43.4 Å². The largest absolute Gasteiger partial charge is 0.361 e. The van der Waals surface area contributed by atoms with Gasteiger partial charge < -0.3 is 10.2 Å². The van der Waals surface area contributed by atoms with Gasteiger partial charge in [0.25, 0.3) is 0 Å². The second kappa shape index (κ2) is 9.46. The van der Waals surface area contributed by atoms with Crippen LogP contribution in [-0.2, 0) is 24.2 Å². The Balaban J connectivity index is 0.00000289. The minimum atomic E-state index is -0.329. The van der Waals surface area contributed by atoms with E-state index < -0.39 is 0 Å². The Hall–Kier alpha value is -3.29. The average molecular weight is 439 g/mol. The van der Waals surface area contributed by atoms with E-state index in [0.29, 0.717) is 12.1 Å². The molecule has 0 unspecified atom stereocenters. The number of rotatable bonds is 6. The van der Waals surface area contributed by atoms with Crippen molar-refractivity contribution in [2.45, 2.75) is 53.6 Å². The van der Waals surface area contributed by atoms with Crippen molar-refractivity contribution >= 4 is 17.3 Å². The molecule has 4 heterocycles. The van der Waals surface area contributed by atoms with E-state index in [-0.39, 0.29) is 31.1 Å². The van der Waals surface area contributed by atoms with E-state index in [4.69, 9.17) is 4.98 Å². The van der Waals surface area contributed by atoms with Gasteiger partial charge in [0.1, 0.15) is 11.9 Å². The number of aromatic nitrogens is 4. The normalized spacial score (nSPS) is 15.4. The third-order valence-corrected chi connectivity index (χ3v) is 5.72. The number of aryl methyl sites for hydroxylation is 3. The SMILES string of the molecule is C.Cc1nc(CCc2cnn(Cc3ccncc3F)c2)cc2c1NC(=O)[C@H](C(C)C)N2C. The van der Waals surface area contributed by atoms with E-state index in [1.54, 1.807) is 16.9 Å². The molecule has 170 valence electrons. The summed E-state index contributed by atoms with van der Waals surface area (Å²) >= 11 is 0. The smallest absolute Gasteiger partial charge is 0.247 e. The monoisotopic (exact) mass is 438 g/mol. The predicted octanol–water partition coefficient (Wildman–Crippen LogP) is 4.00. The highest BCUT2D eigenvalue weighted by molar-refractivity contribution is 6.04. The van der Waals surface area contributed by atoms with Gasteiger partial charge in [-0.2, -0.15) is 5.10 Å². The number of hydrogen-bond donors (Lipinski definition) is 1. The number of halogens is 1. The summed E-state index contributed by atoms with van der Waals surface area (Å²) in [6.45, 7) is 6.39. The van der Waals surface area contributed by atoms with E-state index in [9.17, 15) is 9.18 Å². The number of likely N-dealkylation sites (N-methyl/N-ethyl adjacent to an activating group) is 1. The zero-order valence-corrected chi connectivity index (χ0v) is 18.3. The van der Waals surface area contributed by atoms with Crippen LogP contribution in [0.2, 0.25) is 0 Å². The highest BCUT2D eigenvalue weighted by Gasteiger charge is 2.34. The molecule has 0 fully saturated rings. The Labute approximate surface area is 188 Å². The Morgan fingerprint density at radius 1 is 1.25 bits per heavy atom. The van der Waals surface area contributed by atoms with Crippen molar-refractivity contribution in [3.63, 3.8) is 0 Å². The second-order valence-electron chi connectivity index (χ2n) is 8.40. The number of carbonyl (C=O) groups is 1. The van der Waals surface area contributed by atoms with Gasteiger partial charge in [-0.25, -0.2) is 4.39 Å². The molecule has 3 aromatic heterocycles. The molecule has 0 spiro atoms. The molecule has 1 amide bonds. The van der Waals surface area contributed by atoms with Crippen LogP contribution < -0.4 is 10.2 Å². The summed E-state index contributed by atoms with van der Waals surface area (Å²) in [6, 6.07) is 3.53. The van der Waals surface area contributed by atoms with Gasteiger partial charge in [0, 0.05) is 30.7 Å². The summed E-state index contributed by atoms with van der Waals surface area (Å²) in [5, 5.41) is 7.39. The van der Waals surface area contributed by atoms with Gasteiger partial charge in [-0.15, -0.1) is 0 Å². The number of pyridine rings is 2. The third kappa shape index (κ3) is 4.64. The molecular formula is C24H31FN6O. The average Bonchev–Trinajstić information content (AvgIpc) is 3.16. The maximum Gasteiger partial charge on any atom is 0.247 e. The van der Waals surface area contributed by atoms with Crippen LogP contribution in [0.4, 0.5) is 15.8 Å². The van der Waals surface area contributed by atoms with Crippen LogP contribution in [-0.4, -0.2) is 38.7 Å². The van der Waals surface area contributed by atoms with Gasteiger partial charge in [0.2, 0.25) is 5.91 Å². The molecule has 4 rings (SSSR count). The summed E-state index contributed by atoms with van der Waals surface area (Å²) in [5.41, 5.74) is 5.20. The van der Waals surface area contributed by atoms with Gasteiger partial charge >= 0.3 is 0 Å². The van der Waals surface area contributed by atoms with Crippen LogP contribution in [0.5, 0.6) is 0 Å². The minimum absolute atomic E-state index is 0. The minimum Gasteiger partial charge on any atom is -0.361 e. The molecule has 0 aliphatic carbocycles. The molecule has 0 saturated heterocycles. The van der Waals surface area contributed by atoms with Crippen LogP contribution in [0.15, 0.2) is 36.9 Å². The number of nitrogens with one attached hydrogen (secondary N) is 1. The Morgan fingerprint density at radius 2 is 2.03 bits per heavy atom. The molecular weight excluding hydrogens is 407 g/mol. The lowest BCUT2D eigenvalue weighted by atomic mass is 9.97. The van der Waals surface area contributed by atoms with E-state index in [1.807, 2.05) is 26.4 Å². The van der Waals surface area contributed by atoms with Gasteiger partial charge in [-0.1, -0.05) is 21.3 Å². The fraction of sp³-hybridized carbons (Fsp3) is 0.417. The lowest BCUT2D eigenvalue weighted by Gasteiger charge is -2.38. The van der Waals surface area contributed by atoms with Crippen LogP contribution in [0.1, 0.15) is 43.8 Å². The van der Waals surface area contributed by atoms with E-state index >= 15 is 0 Å². The molecule has 1 atom stereocenters. The second-order valence-corrected chi connectivity index (χ2v) is 8.40. The Morgan fingerprint density at radius 3 is 2.75 bits per heavy atom. The van der Waals surface area contributed by atoms with Crippen LogP contribution in [0.25, 0.3) is 0 Å². The van der Waals surface area contributed by atoms with E-state index in [1.165, 1.54) is 6.20 Å². The fourth-order valence-electron chi connectivity index (χ4n) is 4.15. The number of nitrogens with zero attached hydrogens (tertiary/aromatic N) is 5. The summed E-state index contributed by atoms with van der Waals surface area (Å²) in [7, 11) is 1.97. The molecule has 1 N–H and O–H groups in total. The van der Waals surface area contributed by atoms with Crippen molar-refractivity contribution in [2.24, 2.45) is 5.92 Å². The van der Waals surface area contributed by atoms with E-state index in [0.717, 1.165) is 41.2 Å². The lowest BCUT2D eigenvalue weighted by Crippen LogP contribution is -2.49. The standard InChI is InChI=1S/C23H27FN6O.CH4/c1-14(2)22-23(31)28-21-15(3)27-18(9-20(21)29(22)4)6-5-16-10-26-30(12-16)13-17-7-8-25-11-19(17)24;/h7-12,14,22H,5-6,13H2,1-4H3,(H,28,31);1H4/t22-;/m0./s1. The number of fused-ring (bicyclic) bond motifs is 1. The summed E-state index contributed by atoms with van der Waals surface area (Å²) in [5.74, 6) is -0.115. The van der Waals surface area contributed by atoms with Crippen LogP contribution in [0.3, 0.4) is 0 Å². The van der Waals surface area contributed by atoms with Crippen molar-refractivity contribution in [1.82, 2.24) is 19.7 Å². The first-order valence-corrected chi connectivity index (χ1v) is 10.5. The quantitative estimate of drug-likeness (QED) is 0.630. The number of amides is 1. The molecule has 32 heavy (non-hydrogen) atoms. The zero-order chi connectivity index (χ0) is 22.1. The van der Waals surface area contributed by atoms with E-state index in [2.05, 4.69) is 40.2 Å². The highest BCUT2D eigenvalue weighted by atomic mass is 19.1. The maximum absolute atomic E-state index is 13.8. The summed E-state index contributed by atoms with van der Waals surface area (Å²) in [6.07, 6.45) is 8.06. The zero-order valence-electron chi connectivity index (χ0n) is 18.3. The first-order valence-electron chi connectivity index (χ1n) is 10.5. The number of carbonyl (C=O) groups excluding carboxylic acids is 1. The fourth-order valence-corrected chi connectivity index (χ4v) is 4.15. The topological polar surface area (TPSA) is 75.9 Å². The Bertz CT molecular complexity index is 1110. The maximum atomic E-state index is 13.8. The van der Waals surface area contributed by atoms with Crippen molar-refractivity contribution in [2.75, 3.05) is 17.3 Å². The van der Waals surface area contributed by atoms with Crippen molar-refractivity contribution in [3.05, 3.63) is 65.3 Å². The molecule has 8 heteroatoms. The molecule has 0 bridgehead atoms. The first-order chi connectivity index (χ1) is 14.8.